The Balaban J connectivity index is 1.43. The van der Waals surface area contributed by atoms with Crippen molar-refractivity contribution in [3.05, 3.63) is 41.5 Å². The molecule has 1 amide bonds. The van der Waals surface area contributed by atoms with Crippen LogP contribution in [0.5, 0.6) is 5.75 Å². The number of hydrogen-bond donors (Lipinski definition) is 3. The molecule has 30 heavy (non-hydrogen) atoms. The Labute approximate surface area is 174 Å². The summed E-state index contributed by atoms with van der Waals surface area (Å²) < 4.78 is 7.75. The minimum Gasteiger partial charge on any atom is -0.488 e. The van der Waals surface area contributed by atoms with E-state index in [9.17, 15) is 4.79 Å². The SMILES string of the molecule is Nc1nn2cc3c(nc2c1C(=O)Nc1cnccc1OC1CCCCC1)CCNC3. The van der Waals surface area contributed by atoms with Crippen LogP contribution in [0.1, 0.15) is 53.7 Å². The van der Waals surface area contributed by atoms with Crippen LogP contribution in [0.4, 0.5) is 11.5 Å². The molecule has 1 fully saturated rings. The molecule has 0 bridgehead atoms. The predicted molar refractivity (Wildman–Crippen MR) is 113 cm³/mol. The maximum Gasteiger partial charge on any atom is 0.263 e. The lowest BCUT2D eigenvalue weighted by Crippen LogP contribution is -2.25. The highest BCUT2D eigenvalue weighted by Gasteiger charge is 2.24. The molecule has 0 atom stereocenters. The van der Waals surface area contributed by atoms with Gasteiger partial charge in [-0.2, -0.15) is 0 Å². The van der Waals surface area contributed by atoms with Gasteiger partial charge in [-0.3, -0.25) is 9.78 Å². The summed E-state index contributed by atoms with van der Waals surface area (Å²) in [7, 11) is 0. The molecule has 5 rings (SSSR count). The van der Waals surface area contributed by atoms with Gasteiger partial charge in [0.05, 0.1) is 18.0 Å². The topological polar surface area (TPSA) is 119 Å². The number of amides is 1. The van der Waals surface area contributed by atoms with E-state index in [1.165, 1.54) is 19.3 Å². The number of aromatic nitrogens is 4. The molecule has 0 unspecified atom stereocenters. The molecule has 9 nitrogen and oxygen atoms in total. The Bertz CT molecular complexity index is 1090. The van der Waals surface area contributed by atoms with Crippen LogP contribution in [0.25, 0.3) is 5.65 Å². The van der Waals surface area contributed by atoms with Crippen molar-refractivity contribution in [2.24, 2.45) is 0 Å². The van der Waals surface area contributed by atoms with Crippen LogP contribution in [0.2, 0.25) is 0 Å². The molecule has 1 aliphatic heterocycles. The van der Waals surface area contributed by atoms with Crippen LogP contribution in [-0.4, -0.2) is 38.1 Å². The zero-order valence-corrected chi connectivity index (χ0v) is 16.7. The summed E-state index contributed by atoms with van der Waals surface area (Å²) >= 11 is 0. The lowest BCUT2D eigenvalue weighted by atomic mass is 9.98. The van der Waals surface area contributed by atoms with Gasteiger partial charge in [0.2, 0.25) is 0 Å². The zero-order chi connectivity index (χ0) is 20.5. The molecule has 9 heteroatoms. The van der Waals surface area contributed by atoms with Gasteiger partial charge in [-0.05, 0) is 25.7 Å². The number of nitrogen functional groups attached to an aromatic ring is 1. The number of ether oxygens (including phenoxy) is 1. The number of carbonyl (C=O) groups is 1. The van der Waals surface area contributed by atoms with Crippen molar-refractivity contribution < 1.29 is 9.53 Å². The molecule has 0 radical (unpaired) electrons. The van der Waals surface area contributed by atoms with Gasteiger partial charge in [0.1, 0.15) is 17.0 Å². The highest BCUT2D eigenvalue weighted by atomic mass is 16.5. The molecule has 1 aliphatic carbocycles. The number of pyridine rings is 1. The van der Waals surface area contributed by atoms with Gasteiger partial charge in [0, 0.05) is 43.5 Å². The fraction of sp³-hybridized carbons (Fsp3) is 0.429. The molecule has 3 aromatic heterocycles. The van der Waals surface area contributed by atoms with Gasteiger partial charge < -0.3 is 21.1 Å². The number of carbonyl (C=O) groups excluding carboxylic acids is 1. The molecule has 156 valence electrons. The summed E-state index contributed by atoms with van der Waals surface area (Å²) in [5.74, 6) is 0.399. The Kier molecular flexibility index (Phi) is 4.96. The fourth-order valence-electron chi connectivity index (χ4n) is 4.20. The molecule has 4 heterocycles. The highest BCUT2D eigenvalue weighted by molar-refractivity contribution is 6.12. The van der Waals surface area contributed by atoms with Crippen molar-refractivity contribution in [3.8, 4) is 5.75 Å². The van der Waals surface area contributed by atoms with Gasteiger partial charge in [0.25, 0.3) is 5.91 Å². The van der Waals surface area contributed by atoms with Crippen molar-refractivity contribution in [2.45, 2.75) is 51.2 Å². The number of nitrogens with one attached hydrogen (secondary N) is 2. The lowest BCUT2D eigenvalue weighted by molar-refractivity contribution is 0.102. The Morgan fingerprint density at radius 3 is 3.03 bits per heavy atom. The second-order valence-electron chi connectivity index (χ2n) is 7.87. The standard InChI is InChI=1S/C21H25N7O2/c22-19-18(20-25-15-6-8-23-10-13(15)12-28(20)27-19)21(29)26-16-11-24-9-7-17(16)30-14-4-2-1-3-5-14/h7,9,11-12,14,23H,1-6,8,10H2,(H2,22,27)(H,26,29). The van der Waals surface area contributed by atoms with E-state index in [1.54, 1.807) is 23.0 Å². The van der Waals surface area contributed by atoms with Crippen LogP contribution in [0, 0.1) is 0 Å². The average molecular weight is 407 g/mol. The summed E-state index contributed by atoms with van der Waals surface area (Å²) in [4.78, 5) is 22.0. The first-order chi connectivity index (χ1) is 14.7. The molecule has 0 saturated heterocycles. The van der Waals surface area contributed by atoms with Gasteiger partial charge in [-0.15, -0.1) is 5.10 Å². The Morgan fingerprint density at radius 2 is 2.17 bits per heavy atom. The van der Waals surface area contributed by atoms with Crippen molar-refractivity contribution in [2.75, 3.05) is 17.6 Å². The second-order valence-corrected chi connectivity index (χ2v) is 7.87. The van der Waals surface area contributed by atoms with Gasteiger partial charge in [-0.1, -0.05) is 6.42 Å². The maximum absolute atomic E-state index is 13.1. The minimum atomic E-state index is -0.370. The van der Waals surface area contributed by atoms with E-state index in [4.69, 9.17) is 10.5 Å². The van der Waals surface area contributed by atoms with Crippen molar-refractivity contribution in [3.63, 3.8) is 0 Å². The maximum atomic E-state index is 13.1. The van der Waals surface area contributed by atoms with Crippen LogP contribution >= 0.6 is 0 Å². The third-order valence-corrected chi connectivity index (χ3v) is 5.76. The molecule has 3 aromatic rings. The first-order valence-corrected chi connectivity index (χ1v) is 10.5. The predicted octanol–water partition coefficient (Wildman–Crippen LogP) is 2.32. The molecule has 2 aliphatic rings. The van der Waals surface area contributed by atoms with Gasteiger partial charge in [-0.25, -0.2) is 9.50 Å². The summed E-state index contributed by atoms with van der Waals surface area (Å²) in [5.41, 5.74) is 9.39. The number of fused-ring (bicyclic) bond motifs is 2. The number of nitrogens with zero attached hydrogens (tertiary/aromatic N) is 4. The summed E-state index contributed by atoms with van der Waals surface area (Å²) in [6.07, 6.45) is 11.8. The van der Waals surface area contributed by atoms with E-state index >= 15 is 0 Å². The summed E-state index contributed by atoms with van der Waals surface area (Å²) in [6.45, 7) is 1.59. The molecule has 1 saturated carbocycles. The summed E-state index contributed by atoms with van der Waals surface area (Å²) in [6, 6.07) is 1.78. The van der Waals surface area contributed by atoms with E-state index in [0.717, 1.165) is 43.6 Å². The van der Waals surface area contributed by atoms with E-state index in [0.29, 0.717) is 17.1 Å². The number of rotatable bonds is 4. The van der Waals surface area contributed by atoms with Crippen LogP contribution in [-0.2, 0) is 13.0 Å². The summed E-state index contributed by atoms with van der Waals surface area (Å²) in [5, 5.41) is 10.5. The van der Waals surface area contributed by atoms with Crippen molar-refractivity contribution in [1.82, 2.24) is 24.9 Å². The number of nitrogens with two attached hydrogens (primary N) is 1. The smallest absolute Gasteiger partial charge is 0.263 e. The van der Waals surface area contributed by atoms with E-state index in [1.807, 2.05) is 6.20 Å². The third-order valence-electron chi connectivity index (χ3n) is 5.76. The van der Waals surface area contributed by atoms with Gasteiger partial charge >= 0.3 is 0 Å². The number of hydrogen-bond acceptors (Lipinski definition) is 7. The second kappa shape index (κ2) is 7.91. The average Bonchev–Trinajstić information content (AvgIpc) is 3.08. The largest absolute Gasteiger partial charge is 0.488 e. The van der Waals surface area contributed by atoms with Gasteiger partial charge in [0.15, 0.2) is 11.5 Å². The van der Waals surface area contributed by atoms with E-state index in [-0.39, 0.29) is 23.4 Å². The first-order valence-electron chi connectivity index (χ1n) is 10.5. The van der Waals surface area contributed by atoms with E-state index in [2.05, 4.69) is 25.7 Å². The molecular weight excluding hydrogens is 382 g/mol. The Morgan fingerprint density at radius 1 is 1.30 bits per heavy atom. The number of anilines is 2. The monoisotopic (exact) mass is 407 g/mol. The van der Waals surface area contributed by atoms with Crippen molar-refractivity contribution >= 4 is 23.1 Å². The van der Waals surface area contributed by atoms with Crippen LogP contribution < -0.4 is 21.1 Å². The normalized spacial score (nSPS) is 16.9. The van der Waals surface area contributed by atoms with Crippen LogP contribution in [0.3, 0.4) is 0 Å². The molecular formula is C21H25N7O2. The molecule has 0 aromatic carbocycles. The van der Waals surface area contributed by atoms with Crippen LogP contribution in [0.15, 0.2) is 24.7 Å². The Hall–Kier alpha value is -3.20. The molecule has 4 N–H and O–H groups in total. The van der Waals surface area contributed by atoms with E-state index < -0.39 is 0 Å². The first kappa shape index (κ1) is 18.8. The third kappa shape index (κ3) is 3.56. The fourth-order valence-corrected chi connectivity index (χ4v) is 4.20. The quantitative estimate of drug-likeness (QED) is 0.607. The minimum absolute atomic E-state index is 0.147. The highest BCUT2D eigenvalue weighted by Crippen LogP contribution is 2.29. The zero-order valence-electron chi connectivity index (χ0n) is 16.7. The van der Waals surface area contributed by atoms with Crippen molar-refractivity contribution in [1.29, 1.82) is 0 Å². The lowest BCUT2D eigenvalue weighted by Gasteiger charge is -2.24. The molecule has 0 spiro atoms.